The van der Waals surface area contributed by atoms with Gasteiger partial charge >= 0.3 is 0 Å². The zero-order valence-electron chi connectivity index (χ0n) is 11.5. The minimum atomic E-state index is 0.743. The third kappa shape index (κ3) is 2.10. The molecule has 0 aliphatic carbocycles. The highest BCUT2D eigenvalue weighted by molar-refractivity contribution is 9.10. The van der Waals surface area contributed by atoms with Crippen LogP contribution in [0.1, 0.15) is 18.3 Å². The van der Waals surface area contributed by atoms with Gasteiger partial charge in [0.2, 0.25) is 0 Å². The Morgan fingerprint density at radius 1 is 1.20 bits per heavy atom. The average Bonchev–Trinajstić information content (AvgIpc) is 2.76. The van der Waals surface area contributed by atoms with E-state index in [4.69, 9.17) is 10.7 Å². The van der Waals surface area contributed by atoms with Gasteiger partial charge in [0.15, 0.2) is 0 Å². The van der Waals surface area contributed by atoms with Crippen LogP contribution in [0.5, 0.6) is 0 Å². The van der Waals surface area contributed by atoms with E-state index in [1.165, 1.54) is 5.56 Å². The molecule has 3 aromatic rings. The van der Waals surface area contributed by atoms with E-state index >= 15 is 0 Å². The number of imidazole rings is 1. The van der Waals surface area contributed by atoms with Gasteiger partial charge in [-0.25, -0.2) is 4.98 Å². The molecule has 1 aromatic heterocycles. The van der Waals surface area contributed by atoms with E-state index in [2.05, 4.69) is 52.5 Å². The Kier molecular flexibility index (Phi) is 3.26. The number of aryl methyl sites for hydroxylation is 2. The highest BCUT2D eigenvalue weighted by Crippen LogP contribution is 2.29. The van der Waals surface area contributed by atoms with Crippen LogP contribution < -0.4 is 5.73 Å². The smallest absolute Gasteiger partial charge is 0.114 e. The first-order valence-corrected chi connectivity index (χ1v) is 7.43. The SMILES string of the molecule is CCc1nc2cc(N)ccc2n1-c1ccc(C)cc1Br. The van der Waals surface area contributed by atoms with Gasteiger partial charge in [-0.1, -0.05) is 13.0 Å². The molecular formula is C16H16BrN3. The van der Waals surface area contributed by atoms with Crippen molar-refractivity contribution in [3.8, 4) is 5.69 Å². The summed E-state index contributed by atoms with van der Waals surface area (Å²) in [5.41, 5.74) is 11.0. The molecule has 0 radical (unpaired) electrons. The van der Waals surface area contributed by atoms with Crippen molar-refractivity contribution in [2.75, 3.05) is 5.73 Å². The average molecular weight is 330 g/mol. The molecular weight excluding hydrogens is 314 g/mol. The molecule has 0 atom stereocenters. The van der Waals surface area contributed by atoms with E-state index in [-0.39, 0.29) is 0 Å². The number of aromatic nitrogens is 2. The van der Waals surface area contributed by atoms with Crippen LogP contribution in [0.25, 0.3) is 16.7 Å². The minimum absolute atomic E-state index is 0.743. The first kappa shape index (κ1) is 13.2. The van der Waals surface area contributed by atoms with Gasteiger partial charge in [0.05, 0.1) is 16.7 Å². The lowest BCUT2D eigenvalue weighted by Gasteiger charge is -2.11. The number of nitrogens with two attached hydrogens (primary N) is 1. The summed E-state index contributed by atoms with van der Waals surface area (Å²) in [5.74, 6) is 1.04. The van der Waals surface area contributed by atoms with E-state index in [0.29, 0.717) is 0 Å². The van der Waals surface area contributed by atoms with Crippen LogP contribution in [-0.4, -0.2) is 9.55 Å². The van der Waals surface area contributed by atoms with Gasteiger partial charge < -0.3 is 5.73 Å². The summed E-state index contributed by atoms with van der Waals surface area (Å²) >= 11 is 3.66. The Labute approximate surface area is 126 Å². The van der Waals surface area contributed by atoms with E-state index in [1.807, 2.05) is 18.2 Å². The number of hydrogen-bond donors (Lipinski definition) is 1. The molecule has 0 aliphatic heterocycles. The molecule has 4 heteroatoms. The summed E-state index contributed by atoms with van der Waals surface area (Å²) < 4.78 is 3.27. The molecule has 0 unspecified atom stereocenters. The van der Waals surface area contributed by atoms with E-state index in [0.717, 1.165) is 39.1 Å². The summed E-state index contributed by atoms with van der Waals surface area (Å²) in [6, 6.07) is 12.2. The molecule has 102 valence electrons. The first-order chi connectivity index (χ1) is 9.60. The molecule has 3 rings (SSSR count). The normalized spacial score (nSPS) is 11.2. The Balaban J connectivity index is 2.34. The molecule has 2 N–H and O–H groups in total. The summed E-state index contributed by atoms with van der Waals surface area (Å²) in [4.78, 5) is 4.69. The second kappa shape index (κ2) is 4.94. The van der Waals surface area contributed by atoms with Crippen LogP contribution in [0.4, 0.5) is 5.69 Å². The predicted molar refractivity (Wildman–Crippen MR) is 87.3 cm³/mol. The molecule has 1 heterocycles. The van der Waals surface area contributed by atoms with Crippen molar-refractivity contribution < 1.29 is 0 Å². The number of anilines is 1. The minimum Gasteiger partial charge on any atom is -0.399 e. The fraction of sp³-hybridized carbons (Fsp3) is 0.188. The summed E-state index contributed by atoms with van der Waals surface area (Å²) in [5, 5.41) is 0. The molecule has 20 heavy (non-hydrogen) atoms. The Hall–Kier alpha value is -1.81. The summed E-state index contributed by atoms with van der Waals surface area (Å²) in [6.07, 6.45) is 0.870. The second-order valence-corrected chi connectivity index (χ2v) is 5.77. The van der Waals surface area contributed by atoms with Crippen LogP contribution in [0.2, 0.25) is 0 Å². The number of rotatable bonds is 2. The molecule has 0 saturated heterocycles. The maximum Gasteiger partial charge on any atom is 0.114 e. The van der Waals surface area contributed by atoms with E-state index in [1.54, 1.807) is 0 Å². The highest BCUT2D eigenvalue weighted by Gasteiger charge is 2.13. The van der Waals surface area contributed by atoms with Gasteiger partial charge in [-0.15, -0.1) is 0 Å². The number of halogens is 1. The number of fused-ring (bicyclic) bond motifs is 1. The molecule has 0 spiro atoms. The maximum absolute atomic E-state index is 5.85. The first-order valence-electron chi connectivity index (χ1n) is 6.63. The maximum atomic E-state index is 5.85. The largest absolute Gasteiger partial charge is 0.399 e. The van der Waals surface area contributed by atoms with Gasteiger partial charge in [0.1, 0.15) is 5.82 Å². The quantitative estimate of drug-likeness (QED) is 0.714. The second-order valence-electron chi connectivity index (χ2n) is 4.92. The molecule has 0 amide bonds. The van der Waals surface area contributed by atoms with Crippen LogP contribution in [0, 0.1) is 6.92 Å². The van der Waals surface area contributed by atoms with E-state index in [9.17, 15) is 0 Å². The van der Waals surface area contributed by atoms with Crippen LogP contribution >= 0.6 is 15.9 Å². The Bertz CT molecular complexity index is 790. The van der Waals surface area contributed by atoms with Crippen LogP contribution in [0.3, 0.4) is 0 Å². The number of benzene rings is 2. The number of hydrogen-bond acceptors (Lipinski definition) is 2. The van der Waals surface area contributed by atoms with Crippen molar-refractivity contribution in [1.82, 2.24) is 9.55 Å². The van der Waals surface area contributed by atoms with Crippen molar-refractivity contribution in [1.29, 1.82) is 0 Å². The lowest BCUT2D eigenvalue weighted by atomic mass is 10.2. The van der Waals surface area contributed by atoms with Gasteiger partial charge in [-0.05, 0) is 58.7 Å². The van der Waals surface area contributed by atoms with Gasteiger partial charge in [0, 0.05) is 16.6 Å². The summed E-state index contributed by atoms with van der Waals surface area (Å²) in [7, 11) is 0. The predicted octanol–water partition coefficient (Wildman–Crippen LogP) is 4.24. The van der Waals surface area contributed by atoms with Gasteiger partial charge in [0.25, 0.3) is 0 Å². The lowest BCUT2D eigenvalue weighted by Crippen LogP contribution is -2.01. The van der Waals surface area contributed by atoms with Crippen molar-refractivity contribution in [3.05, 3.63) is 52.3 Å². The molecule has 0 saturated carbocycles. The number of nitrogens with zero attached hydrogens (tertiary/aromatic N) is 2. The molecule has 3 nitrogen and oxygen atoms in total. The zero-order valence-corrected chi connectivity index (χ0v) is 13.1. The topological polar surface area (TPSA) is 43.8 Å². The Morgan fingerprint density at radius 3 is 2.70 bits per heavy atom. The fourth-order valence-electron chi connectivity index (χ4n) is 2.45. The monoisotopic (exact) mass is 329 g/mol. The standard InChI is InChI=1S/C16H16BrN3/c1-3-16-19-13-9-11(18)5-7-15(13)20(16)14-6-4-10(2)8-12(14)17/h4-9H,3,18H2,1-2H3. The van der Waals surface area contributed by atoms with Crippen molar-refractivity contribution in [2.24, 2.45) is 0 Å². The summed E-state index contributed by atoms with van der Waals surface area (Å²) in [6.45, 7) is 4.20. The van der Waals surface area contributed by atoms with Crippen molar-refractivity contribution in [2.45, 2.75) is 20.3 Å². The third-order valence-electron chi connectivity index (χ3n) is 3.41. The van der Waals surface area contributed by atoms with Gasteiger partial charge in [-0.2, -0.15) is 0 Å². The third-order valence-corrected chi connectivity index (χ3v) is 4.04. The highest BCUT2D eigenvalue weighted by atomic mass is 79.9. The zero-order chi connectivity index (χ0) is 14.3. The van der Waals surface area contributed by atoms with Gasteiger partial charge in [-0.3, -0.25) is 4.57 Å². The van der Waals surface area contributed by atoms with Crippen LogP contribution in [-0.2, 0) is 6.42 Å². The van der Waals surface area contributed by atoms with Crippen molar-refractivity contribution in [3.63, 3.8) is 0 Å². The Morgan fingerprint density at radius 2 is 2.00 bits per heavy atom. The lowest BCUT2D eigenvalue weighted by molar-refractivity contribution is 0.905. The van der Waals surface area contributed by atoms with E-state index < -0.39 is 0 Å². The fourth-order valence-corrected chi connectivity index (χ4v) is 3.12. The molecule has 2 aromatic carbocycles. The van der Waals surface area contributed by atoms with Crippen molar-refractivity contribution >= 4 is 32.7 Å². The number of nitrogen functional groups attached to an aromatic ring is 1. The molecule has 0 bridgehead atoms. The molecule has 0 fully saturated rings. The van der Waals surface area contributed by atoms with Crippen LogP contribution in [0.15, 0.2) is 40.9 Å². The molecule has 0 aliphatic rings.